The van der Waals surface area contributed by atoms with Crippen molar-refractivity contribution < 1.29 is 14.3 Å². The fourth-order valence-corrected chi connectivity index (χ4v) is 3.31. The van der Waals surface area contributed by atoms with Gasteiger partial charge < -0.3 is 10.1 Å². The molecule has 170 valence electrons. The van der Waals surface area contributed by atoms with Crippen LogP contribution in [0.2, 0.25) is 5.02 Å². The number of carbonyl (C=O) groups excluding carboxylic acids is 2. The van der Waals surface area contributed by atoms with Crippen LogP contribution < -0.4 is 10.9 Å². The summed E-state index contributed by atoms with van der Waals surface area (Å²) in [5.41, 5.74) is 1.15. The summed E-state index contributed by atoms with van der Waals surface area (Å²) < 4.78 is 7.67. The number of benzene rings is 1. The van der Waals surface area contributed by atoms with E-state index in [0.29, 0.717) is 27.9 Å². The van der Waals surface area contributed by atoms with Gasteiger partial charge in [0.05, 0.1) is 30.6 Å². The first kappa shape index (κ1) is 22.2. The number of aryl methyl sites for hydroxylation is 1. The van der Waals surface area contributed by atoms with Gasteiger partial charge in [0.15, 0.2) is 5.65 Å². The molecule has 0 bridgehead atoms. The first-order chi connectivity index (χ1) is 15.9. The number of amides is 1. The molecule has 11 nitrogen and oxygen atoms in total. The summed E-state index contributed by atoms with van der Waals surface area (Å²) in [4.78, 5) is 43.8. The van der Waals surface area contributed by atoms with Gasteiger partial charge in [0.2, 0.25) is 11.9 Å². The van der Waals surface area contributed by atoms with Crippen LogP contribution in [0.1, 0.15) is 25.5 Å². The molecule has 1 aromatic carbocycles. The van der Waals surface area contributed by atoms with Gasteiger partial charge in [-0.3, -0.25) is 19.4 Å². The van der Waals surface area contributed by atoms with Gasteiger partial charge in [-0.1, -0.05) is 11.6 Å². The van der Waals surface area contributed by atoms with Gasteiger partial charge >= 0.3 is 5.97 Å². The second-order valence-corrected chi connectivity index (χ2v) is 7.53. The molecule has 0 saturated carbocycles. The first-order valence-corrected chi connectivity index (χ1v) is 10.5. The Bertz CT molecular complexity index is 1390. The molecule has 0 saturated heterocycles. The highest BCUT2D eigenvalue weighted by atomic mass is 35.5. The summed E-state index contributed by atoms with van der Waals surface area (Å²) in [6.45, 7) is 3.68. The zero-order valence-electron chi connectivity index (χ0n) is 17.8. The van der Waals surface area contributed by atoms with Crippen LogP contribution in [0.15, 0.2) is 41.3 Å². The van der Waals surface area contributed by atoms with Crippen molar-refractivity contribution in [2.45, 2.75) is 26.7 Å². The molecule has 3 heterocycles. The fraction of sp³-hybridized carbons (Fsp3) is 0.238. The van der Waals surface area contributed by atoms with E-state index in [9.17, 15) is 14.4 Å². The lowest BCUT2D eigenvalue weighted by Crippen LogP contribution is -2.19. The number of nitrogens with zero attached hydrogens (tertiary/aromatic N) is 5. The number of rotatable bonds is 7. The summed E-state index contributed by atoms with van der Waals surface area (Å²) in [5.74, 6) is -0.471. The number of fused-ring (bicyclic) bond motifs is 1. The quantitative estimate of drug-likeness (QED) is 0.397. The lowest BCUT2D eigenvalue weighted by atomic mass is 10.3. The van der Waals surface area contributed by atoms with Crippen LogP contribution >= 0.6 is 11.6 Å². The van der Waals surface area contributed by atoms with E-state index in [4.69, 9.17) is 16.3 Å². The van der Waals surface area contributed by atoms with Crippen LogP contribution in [0.3, 0.4) is 0 Å². The summed E-state index contributed by atoms with van der Waals surface area (Å²) in [5, 5.41) is 12.2. The molecule has 0 aliphatic heterocycles. The smallest absolute Gasteiger partial charge is 0.306 e. The van der Waals surface area contributed by atoms with Crippen LogP contribution in [0.25, 0.3) is 22.7 Å². The van der Waals surface area contributed by atoms with E-state index in [0.717, 1.165) is 0 Å². The zero-order chi connectivity index (χ0) is 23.5. The second kappa shape index (κ2) is 9.25. The van der Waals surface area contributed by atoms with E-state index < -0.39 is 17.4 Å². The molecule has 2 N–H and O–H groups in total. The Morgan fingerprint density at radius 2 is 1.94 bits per heavy atom. The van der Waals surface area contributed by atoms with E-state index >= 15 is 0 Å². The molecule has 0 radical (unpaired) electrons. The molecule has 4 rings (SSSR count). The molecule has 1 amide bonds. The van der Waals surface area contributed by atoms with Crippen LogP contribution in [0, 0.1) is 6.92 Å². The molecule has 0 spiro atoms. The predicted molar refractivity (Wildman–Crippen MR) is 121 cm³/mol. The Morgan fingerprint density at radius 1 is 1.18 bits per heavy atom. The third-order valence-electron chi connectivity index (χ3n) is 4.66. The molecule has 0 unspecified atom stereocenters. The maximum Gasteiger partial charge on any atom is 0.306 e. The Balaban J connectivity index is 1.67. The normalized spacial score (nSPS) is 11.0. The van der Waals surface area contributed by atoms with Crippen LogP contribution in [-0.2, 0) is 14.3 Å². The maximum absolute atomic E-state index is 12.7. The Kier molecular flexibility index (Phi) is 6.22. The third-order valence-corrected chi connectivity index (χ3v) is 4.91. The number of aromatic nitrogens is 6. The van der Waals surface area contributed by atoms with Crippen LogP contribution in [0.4, 0.5) is 5.82 Å². The number of esters is 1. The number of ether oxygens (including phenoxy) is 1. The second-order valence-electron chi connectivity index (χ2n) is 7.10. The third kappa shape index (κ3) is 4.77. The van der Waals surface area contributed by atoms with Crippen molar-refractivity contribution >= 4 is 40.3 Å². The topological polar surface area (TPSA) is 137 Å². The summed E-state index contributed by atoms with van der Waals surface area (Å²) in [6.07, 6.45) is 1.31. The van der Waals surface area contributed by atoms with E-state index in [1.54, 1.807) is 44.2 Å². The van der Waals surface area contributed by atoms with Gasteiger partial charge in [0.25, 0.3) is 5.56 Å². The lowest BCUT2D eigenvalue weighted by molar-refractivity contribution is -0.144. The number of hydrogen-bond donors (Lipinski definition) is 2. The molecular formula is C21H20ClN7O4. The minimum absolute atomic E-state index is 0.0475. The molecule has 3 aromatic heterocycles. The number of nitrogens with one attached hydrogen (secondary N) is 2. The number of hydrogen-bond acceptors (Lipinski definition) is 7. The van der Waals surface area contributed by atoms with Gasteiger partial charge in [-0.2, -0.15) is 19.9 Å². The Labute approximate surface area is 192 Å². The van der Waals surface area contributed by atoms with Crippen LogP contribution in [0.5, 0.6) is 0 Å². The molecular weight excluding hydrogens is 450 g/mol. The average Bonchev–Trinajstić information content (AvgIpc) is 3.37. The van der Waals surface area contributed by atoms with E-state index in [1.165, 1.54) is 15.6 Å². The number of halogens is 1. The van der Waals surface area contributed by atoms with Gasteiger partial charge in [-0.05, 0) is 38.1 Å². The number of anilines is 1. The van der Waals surface area contributed by atoms with Crippen molar-refractivity contribution in [1.82, 2.24) is 29.5 Å². The van der Waals surface area contributed by atoms with Crippen LogP contribution in [-0.4, -0.2) is 48.0 Å². The minimum atomic E-state index is -0.454. The maximum atomic E-state index is 12.7. The Hall–Kier alpha value is -3.99. The molecule has 4 aromatic rings. The molecule has 0 fully saturated rings. The highest BCUT2D eigenvalue weighted by molar-refractivity contribution is 6.30. The monoisotopic (exact) mass is 469 g/mol. The number of H-pyrrole nitrogens is 1. The van der Waals surface area contributed by atoms with Crippen molar-refractivity contribution in [2.75, 3.05) is 11.9 Å². The molecule has 0 aliphatic rings. The van der Waals surface area contributed by atoms with Gasteiger partial charge in [-0.25, -0.2) is 4.68 Å². The van der Waals surface area contributed by atoms with Gasteiger partial charge in [-0.15, -0.1) is 0 Å². The van der Waals surface area contributed by atoms with E-state index in [1.807, 2.05) is 0 Å². The highest BCUT2D eigenvalue weighted by Crippen LogP contribution is 2.19. The van der Waals surface area contributed by atoms with E-state index in [2.05, 4.69) is 25.5 Å². The summed E-state index contributed by atoms with van der Waals surface area (Å²) in [7, 11) is 0. The van der Waals surface area contributed by atoms with Crippen molar-refractivity contribution in [3.05, 3.63) is 57.6 Å². The lowest BCUT2D eigenvalue weighted by Gasteiger charge is -2.09. The first-order valence-electron chi connectivity index (χ1n) is 10.1. The number of aromatic amines is 1. The average molecular weight is 470 g/mol. The van der Waals surface area contributed by atoms with Crippen molar-refractivity contribution in [3.8, 4) is 11.6 Å². The molecule has 33 heavy (non-hydrogen) atoms. The summed E-state index contributed by atoms with van der Waals surface area (Å²) in [6, 6.07) is 8.55. The highest BCUT2D eigenvalue weighted by Gasteiger charge is 2.17. The standard InChI is InChI=1S/C21H20ClN7O4/c1-3-33-18(31)9-8-17(30)24-16-10-12(2)27-29(16)21-25-19-15(20(32)26-21)11-23-28(19)14-6-4-13(22)5-7-14/h4-7,10-11H,3,8-9H2,1-2H3,(H,24,30)(H,25,26,32). The summed E-state index contributed by atoms with van der Waals surface area (Å²) >= 11 is 5.97. The minimum Gasteiger partial charge on any atom is -0.466 e. The zero-order valence-corrected chi connectivity index (χ0v) is 18.6. The van der Waals surface area contributed by atoms with Crippen molar-refractivity contribution in [2.24, 2.45) is 0 Å². The number of carbonyl (C=O) groups is 2. The molecule has 0 atom stereocenters. The van der Waals surface area contributed by atoms with Crippen molar-refractivity contribution in [1.29, 1.82) is 0 Å². The molecule has 12 heteroatoms. The fourth-order valence-electron chi connectivity index (χ4n) is 3.18. The van der Waals surface area contributed by atoms with Crippen molar-refractivity contribution in [3.63, 3.8) is 0 Å². The largest absolute Gasteiger partial charge is 0.466 e. The SMILES string of the molecule is CCOC(=O)CCC(=O)Nc1cc(C)nn1-c1nc2c(cnn2-c2ccc(Cl)cc2)c(=O)[nH]1. The van der Waals surface area contributed by atoms with E-state index in [-0.39, 0.29) is 30.8 Å². The van der Waals surface area contributed by atoms with Gasteiger partial charge in [0, 0.05) is 17.5 Å². The van der Waals surface area contributed by atoms with Gasteiger partial charge in [0.1, 0.15) is 11.2 Å². The molecule has 0 aliphatic carbocycles. The predicted octanol–water partition coefficient (Wildman–Crippen LogP) is 2.54. The Morgan fingerprint density at radius 3 is 2.67 bits per heavy atom.